The number of aromatic nitrogens is 1. The molecule has 1 fully saturated rings. The minimum Gasteiger partial charge on any atom is -0.449 e. The van der Waals surface area contributed by atoms with Gasteiger partial charge in [0.2, 0.25) is 0 Å². The van der Waals surface area contributed by atoms with Crippen molar-refractivity contribution in [1.29, 1.82) is 0 Å². The number of carbonyl (C=O) groups is 2. The van der Waals surface area contributed by atoms with Crippen LogP contribution in [0, 0.1) is 5.92 Å². The van der Waals surface area contributed by atoms with E-state index in [1.807, 2.05) is 24.3 Å². The summed E-state index contributed by atoms with van der Waals surface area (Å²) in [7, 11) is 0. The molecule has 5 nitrogen and oxygen atoms in total. The summed E-state index contributed by atoms with van der Waals surface area (Å²) >= 11 is 0. The fraction of sp³-hybridized carbons (Fsp3) is 0.522. The number of fused-ring (bicyclic) bond motifs is 2. The van der Waals surface area contributed by atoms with Crippen LogP contribution in [0.15, 0.2) is 24.3 Å². The third-order valence-electron chi connectivity index (χ3n) is 6.06. The molecule has 2 aliphatic carbocycles. The van der Waals surface area contributed by atoms with E-state index in [-0.39, 0.29) is 11.9 Å². The van der Waals surface area contributed by atoms with Gasteiger partial charge in [-0.25, -0.2) is 4.79 Å². The maximum atomic E-state index is 13.2. The number of para-hydroxylation sites is 1. The van der Waals surface area contributed by atoms with Crippen molar-refractivity contribution in [3.8, 4) is 0 Å². The highest BCUT2D eigenvalue weighted by atomic mass is 16.5. The third kappa shape index (κ3) is 3.75. The zero-order valence-electron chi connectivity index (χ0n) is 16.7. The van der Waals surface area contributed by atoms with Crippen molar-refractivity contribution < 1.29 is 14.3 Å². The summed E-state index contributed by atoms with van der Waals surface area (Å²) in [6.45, 7) is 3.85. The molecule has 148 valence electrons. The fourth-order valence-electron chi connectivity index (χ4n) is 4.46. The van der Waals surface area contributed by atoms with E-state index in [0.717, 1.165) is 67.1 Å². The van der Waals surface area contributed by atoms with E-state index < -0.39 is 12.1 Å². The number of carbonyl (C=O) groups excluding carboxylic acids is 2. The van der Waals surface area contributed by atoms with Crippen molar-refractivity contribution in [2.24, 2.45) is 5.92 Å². The summed E-state index contributed by atoms with van der Waals surface area (Å²) in [5.41, 5.74) is 3.39. The molecule has 28 heavy (non-hydrogen) atoms. The number of amides is 1. The molecule has 2 atom stereocenters. The molecule has 0 saturated heterocycles. The molecular weight excluding hydrogens is 352 g/mol. The lowest BCUT2D eigenvalue weighted by Gasteiger charge is -2.25. The van der Waals surface area contributed by atoms with E-state index in [1.54, 1.807) is 6.92 Å². The third-order valence-corrected chi connectivity index (χ3v) is 6.06. The van der Waals surface area contributed by atoms with Gasteiger partial charge in [-0.05, 0) is 56.6 Å². The van der Waals surface area contributed by atoms with Crippen LogP contribution in [-0.4, -0.2) is 29.0 Å². The maximum Gasteiger partial charge on any atom is 0.339 e. The lowest BCUT2D eigenvalue weighted by atomic mass is 9.84. The monoisotopic (exact) mass is 380 g/mol. The highest BCUT2D eigenvalue weighted by Crippen LogP contribution is 2.32. The highest BCUT2D eigenvalue weighted by molar-refractivity contribution is 6.05. The summed E-state index contributed by atoms with van der Waals surface area (Å²) in [4.78, 5) is 30.4. The second-order valence-electron chi connectivity index (χ2n) is 8.31. The van der Waals surface area contributed by atoms with Crippen LogP contribution in [0.3, 0.4) is 0 Å². The second-order valence-corrected chi connectivity index (χ2v) is 8.31. The average Bonchev–Trinajstić information content (AvgIpc) is 3.19. The van der Waals surface area contributed by atoms with E-state index in [1.165, 1.54) is 0 Å². The van der Waals surface area contributed by atoms with Gasteiger partial charge >= 0.3 is 5.97 Å². The van der Waals surface area contributed by atoms with E-state index in [4.69, 9.17) is 9.72 Å². The Labute approximate surface area is 165 Å². The molecule has 0 aliphatic heterocycles. The Morgan fingerprint density at radius 1 is 1.18 bits per heavy atom. The van der Waals surface area contributed by atoms with Gasteiger partial charge in [0, 0.05) is 17.1 Å². The van der Waals surface area contributed by atoms with Crippen LogP contribution in [0.4, 0.5) is 0 Å². The first-order valence-electron chi connectivity index (χ1n) is 10.4. The van der Waals surface area contributed by atoms with E-state index in [2.05, 4.69) is 12.2 Å². The van der Waals surface area contributed by atoms with E-state index in [9.17, 15) is 9.59 Å². The minimum absolute atomic E-state index is 0.208. The average molecular weight is 380 g/mol. The number of pyridine rings is 1. The predicted octanol–water partition coefficient (Wildman–Crippen LogP) is 3.96. The minimum atomic E-state index is -0.809. The molecule has 1 heterocycles. The number of nitrogens with one attached hydrogen (secondary N) is 1. The highest BCUT2D eigenvalue weighted by Gasteiger charge is 2.29. The Morgan fingerprint density at radius 3 is 2.71 bits per heavy atom. The summed E-state index contributed by atoms with van der Waals surface area (Å²) < 4.78 is 5.64. The molecule has 0 radical (unpaired) electrons. The Kier molecular flexibility index (Phi) is 5.33. The fourth-order valence-corrected chi connectivity index (χ4v) is 4.46. The van der Waals surface area contributed by atoms with Gasteiger partial charge in [0.1, 0.15) is 0 Å². The molecule has 1 N–H and O–H groups in total. The van der Waals surface area contributed by atoms with E-state index in [0.29, 0.717) is 11.5 Å². The van der Waals surface area contributed by atoms with E-state index >= 15 is 0 Å². The molecule has 5 heteroatoms. The van der Waals surface area contributed by atoms with Crippen LogP contribution < -0.4 is 5.32 Å². The SMILES string of the molecule is CC1CCc2nc3ccccc3c(C(=O)OC(C)C(=O)NC3CCCC3)c2C1. The molecule has 1 aromatic heterocycles. The van der Waals surface area contributed by atoms with Crippen LogP contribution in [0.25, 0.3) is 10.9 Å². The largest absolute Gasteiger partial charge is 0.449 e. The van der Waals surface area contributed by atoms with Crippen LogP contribution >= 0.6 is 0 Å². The van der Waals surface area contributed by atoms with Crippen molar-refractivity contribution in [2.75, 3.05) is 0 Å². The standard InChI is InChI=1S/C23H28N2O3/c1-14-11-12-20-18(13-14)21(17-9-5-6-10-19(17)25-20)23(27)28-15(2)22(26)24-16-7-3-4-8-16/h5-6,9-10,14-16H,3-4,7-8,11-13H2,1-2H3,(H,24,26). The molecule has 2 aliphatic rings. The zero-order chi connectivity index (χ0) is 19.7. The number of rotatable bonds is 4. The zero-order valence-corrected chi connectivity index (χ0v) is 16.7. The lowest BCUT2D eigenvalue weighted by molar-refractivity contribution is -0.129. The molecule has 1 saturated carbocycles. The molecule has 1 aromatic carbocycles. The maximum absolute atomic E-state index is 13.2. The molecule has 4 rings (SSSR count). The van der Waals surface area contributed by atoms with Gasteiger partial charge in [-0.15, -0.1) is 0 Å². The number of esters is 1. The summed E-state index contributed by atoms with van der Waals surface area (Å²) in [6, 6.07) is 7.90. The number of nitrogens with zero attached hydrogens (tertiary/aromatic N) is 1. The second kappa shape index (κ2) is 7.90. The smallest absolute Gasteiger partial charge is 0.339 e. The predicted molar refractivity (Wildman–Crippen MR) is 108 cm³/mol. The number of hydrogen-bond acceptors (Lipinski definition) is 4. The Morgan fingerprint density at radius 2 is 1.93 bits per heavy atom. The normalized spacial score (nSPS) is 20.6. The number of ether oxygens (including phenoxy) is 1. The van der Waals surface area contributed by atoms with Crippen molar-refractivity contribution in [3.63, 3.8) is 0 Å². The van der Waals surface area contributed by atoms with Gasteiger partial charge in [-0.3, -0.25) is 9.78 Å². The Hall–Kier alpha value is -2.43. The lowest BCUT2D eigenvalue weighted by Crippen LogP contribution is -2.41. The summed E-state index contributed by atoms with van der Waals surface area (Å²) in [6.07, 6.45) is 6.27. The molecule has 2 unspecified atom stereocenters. The van der Waals surface area contributed by atoms with Crippen LogP contribution in [0.1, 0.15) is 67.6 Å². The molecule has 0 spiro atoms. The first kappa shape index (κ1) is 18.9. The summed E-state index contributed by atoms with van der Waals surface area (Å²) in [5.74, 6) is -0.121. The molecule has 1 amide bonds. The Bertz CT molecular complexity index is 902. The van der Waals surface area contributed by atoms with Crippen molar-refractivity contribution in [3.05, 3.63) is 41.1 Å². The molecule has 0 bridgehead atoms. The quantitative estimate of drug-likeness (QED) is 0.815. The van der Waals surface area contributed by atoms with Gasteiger partial charge < -0.3 is 10.1 Å². The van der Waals surface area contributed by atoms with Crippen LogP contribution in [-0.2, 0) is 22.4 Å². The number of hydrogen-bond donors (Lipinski definition) is 1. The van der Waals surface area contributed by atoms with Gasteiger partial charge in [0.25, 0.3) is 5.91 Å². The van der Waals surface area contributed by atoms with Crippen molar-refractivity contribution in [1.82, 2.24) is 10.3 Å². The van der Waals surface area contributed by atoms with Gasteiger partial charge in [-0.1, -0.05) is 38.0 Å². The first-order valence-corrected chi connectivity index (χ1v) is 10.4. The van der Waals surface area contributed by atoms with Gasteiger partial charge in [0.15, 0.2) is 6.10 Å². The number of benzene rings is 1. The Balaban J connectivity index is 1.61. The summed E-state index contributed by atoms with van der Waals surface area (Å²) in [5, 5.41) is 3.82. The van der Waals surface area contributed by atoms with Crippen LogP contribution in [0.2, 0.25) is 0 Å². The molecule has 2 aromatic rings. The topological polar surface area (TPSA) is 68.3 Å². The van der Waals surface area contributed by atoms with Crippen molar-refractivity contribution in [2.45, 2.75) is 70.9 Å². The van der Waals surface area contributed by atoms with Crippen LogP contribution in [0.5, 0.6) is 0 Å². The van der Waals surface area contributed by atoms with Gasteiger partial charge in [0.05, 0.1) is 11.1 Å². The molecular formula is C23H28N2O3. The van der Waals surface area contributed by atoms with Crippen molar-refractivity contribution >= 4 is 22.8 Å². The number of aryl methyl sites for hydroxylation is 1. The first-order chi connectivity index (χ1) is 13.5. The van der Waals surface area contributed by atoms with Gasteiger partial charge in [-0.2, -0.15) is 0 Å².